The number of oxime groups is 1. The van der Waals surface area contributed by atoms with E-state index < -0.39 is 18.5 Å². The zero-order valence-electron chi connectivity index (χ0n) is 7.58. The van der Waals surface area contributed by atoms with Crippen LogP contribution in [0.1, 0.15) is 5.82 Å². The summed E-state index contributed by atoms with van der Waals surface area (Å²) in [5.74, 6) is -1.62. The smallest absolute Gasteiger partial charge is 0.362 e. The maximum absolute atomic E-state index is 11.6. The first-order chi connectivity index (χ1) is 6.65. The molecule has 0 radical (unpaired) electrons. The Morgan fingerprint density at radius 2 is 2.31 bits per heavy atom. The molecule has 0 bridgehead atoms. The van der Waals surface area contributed by atoms with Gasteiger partial charge < -0.3 is 21.2 Å². The van der Waals surface area contributed by atoms with E-state index in [1.54, 1.807) is 0 Å². The van der Waals surface area contributed by atoms with E-state index >= 15 is 0 Å². The van der Waals surface area contributed by atoms with Crippen molar-refractivity contribution in [3.8, 4) is 0 Å². The molecule has 5 N–H and O–H groups in total. The van der Waals surface area contributed by atoms with Gasteiger partial charge in [-0.25, -0.2) is 9.18 Å². The number of halogens is 2. The van der Waals surface area contributed by atoms with Crippen LogP contribution in [-0.2, 0) is 9.63 Å². The predicted molar refractivity (Wildman–Crippen MR) is 56.4 cm³/mol. The lowest BCUT2D eigenvalue weighted by atomic mass is 10.4. The summed E-state index contributed by atoms with van der Waals surface area (Å²) < 4.78 is 15.1. The fraction of sp³-hybridized carbons (Fsp3) is 0.200. The minimum Gasteiger partial charge on any atom is -0.476 e. The number of hydrogen-bond acceptors (Lipinski definition) is 7. The molecule has 1 rings (SSSR count). The topological polar surface area (TPSA) is 142 Å². The van der Waals surface area contributed by atoms with Crippen molar-refractivity contribution in [3.63, 3.8) is 0 Å². The van der Waals surface area contributed by atoms with Gasteiger partial charge in [0.05, 0.1) is 0 Å². The SMILES string of the molecule is Cl.Nc1nc(C(=NOCF)C(=O)O)ns1.O. The molecule has 11 heteroatoms. The molecule has 1 aromatic heterocycles. The average Bonchev–Trinajstić information content (AvgIpc) is 2.52. The third kappa shape index (κ3) is 4.33. The van der Waals surface area contributed by atoms with Crippen molar-refractivity contribution in [2.75, 3.05) is 12.6 Å². The quantitative estimate of drug-likeness (QED) is 0.557. The van der Waals surface area contributed by atoms with Crippen LogP contribution in [0.5, 0.6) is 0 Å². The summed E-state index contributed by atoms with van der Waals surface area (Å²) >= 11 is 0.807. The molecule has 0 aliphatic carbocycles. The maximum Gasteiger partial charge on any atom is 0.362 e. The first-order valence-electron chi connectivity index (χ1n) is 3.24. The summed E-state index contributed by atoms with van der Waals surface area (Å²) in [5, 5.41) is 11.7. The largest absolute Gasteiger partial charge is 0.476 e. The first kappa shape index (κ1) is 16.9. The van der Waals surface area contributed by atoms with Gasteiger partial charge in [-0.1, -0.05) is 5.16 Å². The zero-order chi connectivity index (χ0) is 10.6. The number of nitrogen functional groups attached to an aromatic ring is 1. The fourth-order valence-electron chi connectivity index (χ4n) is 0.596. The number of nitrogens with zero attached hydrogens (tertiary/aromatic N) is 3. The van der Waals surface area contributed by atoms with Crippen LogP contribution in [0.25, 0.3) is 0 Å². The Kier molecular flexibility index (Phi) is 8.16. The number of hydrogen-bond donors (Lipinski definition) is 2. The van der Waals surface area contributed by atoms with Crippen molar-refractivity contribution in [2.45, 2.75) is 0 Å². The van der Waals surface area contributed by atoms with Gasteiger partial charge in [-0.15, -0.1) is 12.4 Å². The second-order valence-corrected chi connectivity index (χ2v) is 2.72. The number of aromatic nitrogens is 2. The predicted octanol–water partition coefficient (Wildman–Crippen LogP) is -0.550. The van der Waals surface area contributed by atoms with E-state index in [-0.39, 0.29) is 28.8 Å². The molecule has 0 unspecified atom stereocenters. The van der Waals surface area contributed by atoms with Gasteiger partial charge in [-0.3, -0.25) is 0 Å². The van der Waals surface area contributed by atoms with Gasteiger partial charge in [-0.05, 0) is 0 Å². The van der Waals surface area contributed by atoms with Gasteiger partial charge in [0.1, 0.15) is 0 Å². The maximum atomic E-state index is 11.6. The summed E-state index contributed by atoms with van der Waals surface area (Å²) in [4.78, 5) is 18.1. The van der Waals surface area contributed by atoms with E-state index in [0.717, 1.165) is 11.5 Å². The van der Waals surface area contributed by atoms with Crippen LogP contribution in [0.4, 0.5) is 9.52 Å². The third-order valence-corrected chi connectivity index (χ3v) is 1.60. The van der Waals surface area contributed by atoms with Crippen molar-refractivity contribution in [2.24, 2.45) is 5.16 Å². The van der Waals surface area contributed by atoms with E-state index in [4.69, 9.17) is 10.8 Å². The Morgan fingerprint density at radius 3 is 2.69 bits per heavy atom. The van der Waals surface area contributed by atoms with Gasteiger partial charge in [0.15, 0.2) is 5.13 Å². The molecule has 0 amide bonds. The number of nitrogens with two attached hydrogens (primary N) is 1. The van der Waals surface area contributed by atoms with Gasteiger partial charge in [0, 0.05) is 11.5 Å². The highest BCUT2D eigenvalue weighted by Gasteiger charge is 2.18. The normalized spacial score (nSPS) is 9.94. The highest BCUT2D eigenvalue weighted by atomic mass is 35.5. The number of alkyl halides is 1. The molecule has 0 aliphatic rings. The lowest BCUT2D eigenvalue weighted by Crippen LogP contribution is -2.16. The molecule has 0 saturated heterocycles. The highest BCUT2D eigenvalue weighted by molar-refractivity contribution is 7.09. The van der Waals surface area contributed by atoms with Gasteiger partial charge in [-0.2, -0.15) is 9.36 Å². The van der Waals surface area contributed by atoms with Gasteiger partial charge >= 0.3 is 5.97 Å². The zero-order valence-corrected chi connectivity index (χ0v) is 9.22. The van der Waals surface area contributed by atoms with E-state index in [1.807, 2.05) is 0 Å². The minimum absolute atomic E-state index is 0. The highest BCUT2D eigenvalue weighted by Crippen LogP contribution is 2.07. The van der Waals surface area contributed by atoms with Crippen molar-refractivity contribution < 1.29 is 24.6 Å². The summed E-state index contributed by atoms with van der Waals surface area (Å²) in [6.45, 7) is -1.23. The Hall–Kier alpha value is -1.52. The number of aliphatic carboxylic acids is 1. The number of rotatable bonds is 4. The molecule has 0 saturated carbocycles. The fourth-order valence-corrected chi connectivity index (χ4v) is 1.03. The van der Waals surface area contributed by atoms with E-state index in [9.17, 15) is 9.18 Å². The van der Waals surface area contributed by atoms with Crippen LogP contribution >= 0.6 is 23.9 Å². The van der Waals surface area contributed by atoms with E-state index in [1.165, 1.54) is 0 Å². The Balaban J connectivity index is 0. The van der Waals surface area contributed by atoms with Crippen molar-refractivity contribution in [1.29, 1.82) is 0 Å². The monoisotopic (exact) mass is 274 g/mol. The molecule has 0 atom stereocenters. The number of carboxylic acid groups (broad SMARTS) is 1. The molecule has 16 heavy (non-hydrogen) atoms. The molecule has 92 valence electrons. The standard InChI is InChI=1S/C5H5FN4O3S.ClH.H2O/c6-1-13-9-2(4(11)12)3-8-5(7)14-10-3;;/h1H2,(H,11,12)(H2,7,8,10);1H;1H2. The van der Waals surface area contributed by atoms with Crippen molar-refractivity contribution in [3.05, 3.63) is 5.82 Å². The van der Waals surface area contributed by atoms with Crippen LogP contribution in [0.2, 0.25) is 0 Å². The van der Waals surface area contributed by atoms with Crippen molar-refractivity contribution >= 4 is 40.8 Å². The van der Waals surface area contributed by atoms with Gasteiger partial charge in [0.2, 0.25) is 11.5 Å². The minimum atomic E-state index is -1.42. The Labute approximate surface area is 98.8 Å². The van der Waals surface area contributed by atoms with Crippen LogP contribution in [0.15, 0.2) is 5.16 Å². The first-order valence-corrected chi connectivity index (χ1v) is 4.01. The number of carboxylic acids is 1. The van der Waals surface area contributed by atoms with E-state index in [2.05, 4.69) is 19.4 Å². The number of carbonyl (C=O) groups is 1. The summed E-state index contributed by atoms with van der Waals surface area (Å²) in [7, 11) is 0. The summed E-state index contributed by atoms with van der Waals surface area (Å²) in [6.07, 6.45) is 0. The second kappa shape index (κ2) is 7.73. The molecule has 1 heterocycles. The lowest BCUT2D eigenvalue weighted by Gasteiger charge is -1.94. The molecule has 8 nitrogen and oxygen atoms in total. The molecule has 0 aliphatic heterocycles. The lowest BCUT2D eigenvalue weighted by molar-refractivity contribution is -0.129. The van der Waals surface area contributed by atoms with Crippen LogP contribution in [-0.4, -0.2) is 38.5 Å². The van der Waals surface area contributed by atoms with E-state index in [0.29, 0.717) is 0 Å². The summed E-state index contributed by atoms with van der Waals surface area (Å²) in [6, 6.07) is 0. The number of anilines is 1. The Morgan fingerprint density at radius 1 is 1.69 bits per heavy atom. The van der Waals surface area contributed by atoms with Crippen molar-refractivity contribution in [1.82, 2.24) is 9.36 Å². The molecule has 0 aromatic carbocycles. The Bertz CT molecular complexity index is 373. The second-order valence-electron chi connectivity index (χ2n) is 1.94. The molecule has 1 aromatic rings. The molecule has 0 fully saturated rings. The average molecular weight is 275 g/mol. The van der Waals surface area contributed by atoms with Gasteiger partial charge in [0.25, 0.3) is 6.86 Å². The van der Waals surface area contributed by atoms with Crippen LogP contribution < -0.4 is 5.73 Å². The third-order valence-electron chi connectivity index (χ3n) is 1.06. The summed E-state index contributed by atoms with van der Waals surface area (Å²) in [5.41, 5.74) is 4.64. The molecule has 0 spiro atoms. The van der Waals surface area contributed by atoms with Crippen LogP contribution in [0, 0.1) is 0 Å². The molecular weight excluding hydrogens is 267 g/mol. The molecular formula is C5H8ClFN4O4S. The van der Waals surface area contributed by atoms with Crippen LogP contribution in [0.3, 0.4) is 0 Å².